The molecular weight excluding hydrogens is 264 g/mol. The molecule has 1 amide bonds. The summed E-state index contributed by atoms with van der Waals surface area (Å²) in [5, 5.41) is 6.10. The Balaban J connectivity index is 2.00. The van der Waals surface area contributed by atoms with E-state index in [4.69, 9.17) is 4.74 Å². The molecule has 110 valence electrons. The number of nitrogens with one attached hydrogen (secondary N) is 1. The largest absolute Gasteiger partial charge is 0.481 e. The topological polar surface area (TPSA) is 50.7 Å². The lowest BCUT2D eigenvalue weighted by atomic mass is 10.1. The zero-order chi connectivity index (χ0) is 15.2. The van der Waals surface area contributed by atoms with Gasteiger partial charge in [-0.15, -0.1) is 0 Å². The van der Waals surface area contributed by atoms with Gasteiger partial charge in [0.25, 0.3) is 5.91 Å². The number of rotatable bonds is 5. The van der Waals surface area contributed by atoms with E-state index in [1.807, 2.05) is 56.3 Å². The lowest BCUT2D eigenvalue weighted by Gasteiger charge is -2.13. The molecule has 1 unspecified atom stereocenters. The first-order valence-electron chi connectivity index (χ1n) is 7.05. The number of carbonyl (C=O) groups excluding carboxylic acids is 1. The molecule has 2 rings (SSSR count). The number of carbonyl (C=O) groups is 1. The Morgan fingerprint density at radius 3 is 2.57 bits per heavy atom. The van der Waals surface area contributed by atoms with Gasteiger partial charge in [0.2, 0.25) is 0 Å². The van der Waals surface area contributed by atoms with E-state index in [0.717, 1.165) is 10.8 Å². The minimum Gasteiger partial charge on any atom is -0.481 e. The van der Waals surface area contributed by atoms with E-state index in [-0.39, 0.29) is 5.91 Å². The van der Waals surface area contributed by atoms with E-state index in [0.29, 0.717) is 11.7 Å². The maximum absolute atomic E-state index is 11.8. The summed E-state index contributed by atoms with van der Waals surface area (Å²) in [5.41, 5.74) is 2.48. The third kappa shape index (κ3) is 4.31. The number of hydrogen-bond donors (Lipinski definition) is 1. The van der Waals surface area contributed by atoms with Crippen LogP contribution in [0.4, 0.5) is 0 Å². The highest BCUT2D eigenvalue weighted by Crippen LogP contribution is 2.21. The summed E-state index contributed by atoms with van der Waals surface area (Å²) in [5.74, 6) is 0.700. The average Bonchev–Trinajstić information content (AvgIpc) is 2.46. The van der Waals surface area contributed by atoms with Crippen molar-refractivity contribution in [2.75, 3.05) is 0 Å². The number of amides is 1. The number of hydrogen-bond acceptors (Lipinski definition) is 3. The van der Waals surface area contributed by atoms with Crippen LogP contribution in [-0.2, 0) is 4.79 Å². The number of benzene rings is 2. The zero-order valence-corrected chi connectivity index (χ0v) is 12.5. The number of hydrazone groups is 1. The molecule has 0 fully saturated rings. The van der Waals surface area contributed by atoms with Crippen molar-refractivity contribution >= 4 is 22.9 Å². The molecule has 0 aromatic heterocycles. The van der Waals surface area contributed by atoms with Gasteiger partial charge in [-0.3, -0.25) is 4.79 Å². The quantitative estimate of drug-likeness (QED) is 0.676. The Kier molecular flexibility index (Phi) is 4.93. The second-order valence-electron chi connectivity index (χ2n) is 5.27. The smallest absolute Gasteiger partial charge is 0.280 e. The second-order valence-corrected chi connectivity index (χ2v) is 5.27. The molecule has 4 nitrogen and oxygen atoms in total. The van der Waals surface area contributed by atoms with Crippen LogP contribution >= 0.6 is 0 Å². The van der Waals surface area contributed by atoms with Gasteiger partial charge < -0.3 is 4.74 Å². The summed E-state index contributed by atoms with van der Waals surface area (Å²) in [7, 11) is 0. The molecule has 0 heterocycles. The van der Waals surface area contributed by atoms with Crippen LogP contribution in [-0.4, -0.2) is 18.2 Å². The molecule has 4 heteroatoms. The molecule has 21 heavy (non-hydrogen) atoms. The van der Waals surface area contributed by atoms with Gasteiger partial charge in [0, 0.05) is 6.21 Å². The lowest BCUT2D eigenvalue weighted by molar-refractivity contribution is -0.127. The molecule has 2 aromatic carbocycles. The third-order valence-electron chi connectivity index (χ3n) is 2.95. The SMILES string of the molecule is CC(C)/C=N/NC(=O)C(C)Oc1ccc2ccccc2c1. The zero-order valence-electron chi connectivity index (χ0n) is 12.5. The Morgan fingerprint density at radius 2 is 1.86 bits per heavy atom. The van der Waals surface area contributed by atoms with E-state index >= 15 is 0 Å². The Labute approximate surface area is 124 Å². The molecule has 0 aliphatic heterocycles. The van der Waals surface area contributed by atoms with E-state index in [1.54, 1.807) is 13.1 Å². The third-order valence-corrected chi connectivity index (χ3v) is 2.95. The first-order chi connectivity index (χ1) is 10.1. The standard InChI is InChI=1S/C17H20N2O2/c1-12(2)11-18-19-17(20)13(3)21-16-9-8-14-6-4-5-7-15(14)10-16/h4-13H,1-3H3,(H,19,20)/b18-11+. The monoisotopic (exact) mass is 284 g/mol. The highest BCUT2D eigenvalue weighted by molar-refractivity contribution is 5.84. The lowest BCUT2D eigenvalue weighted by Crippen LogP contribution is -2.33. The highest BCUT2D eigenvalue weighted by Gasteiger charge is 2.14. The van der Waals surface area contributed by atoms with E-state index in [2.05, 4.69) is 10.5 Å². The first kappa shape index (κ1) is 15.0. The van der Waals surface area contributed by atoms with Gasteiger partial charge in [0.1, 0.15) is 5.75 Å². The molecule has 0 aliphatic carbocycles. The predicted molar refractivity (Wildman–Crippen MR) is 85.5 cm³/mol. The number of ether oxygens (including phenoxy) is 1. The van der Waals surface area contributed by atoms with Crippen LogP contribution in [0.5, 0.6) is 5.75 Å². The number of fused-ring (bicyclic) bond motifs is 1. The fourth-order valence-corrected chi connectivity index (χ4v) is 1.84. The van der Waals surface area contributed by atoms with Crippen LogP contribution in [0.15, 0.2) is 47.6 Å². The summed E-state index contributed by atoms with van der Waals surface area (Å²) in [6.07, 6.45) is 1.08. The van der Waals surface area contributed by atoms with Crippen molar-refractivity contribution in [3.8, 4) is 5.75 Å². The maximum Gasteiger partial charge on any atom is 0.280 e. The van der Waals surface area contributed by atoms with Gasteiger partial charge in [-0.1, -0.05) is 44.2 Å². The molecule has 0 radical (unpaired) electrons. The Bertz CT molecular complexity index is 650. The molecule has 2 aromatic rings. The normalized spacial score (nSPS) is 12.8. The molecular formula is C17H20N2O2. The molecule has 0 saturated carbocycles. The van der Waals surface area contributed by atoms with Gasteiger partial charge in [0.15, 0.2) is 6.10 Å². The Morgan fingerprint density at radius 1 is 1.14 bits per heavy atom. The maximum atomic E-state index is 11.8. The van der Waals surface area contributed by atoms with E-state index in [1.165, 1.54) is 0 Å². The van der Waals surface area contributed by atoms with E-state index < -0.39 is 6.10 Å². The summed E-state index contributed by atoms with van der Waals surface area (Å²) in [6.45, 7) is 5.69. The van der Waals surface area contributed by atoms with Gasteiger partial charge in [0.05, 0.1) is 0 Å². The summed E-state index contributed by atoms with van der Waals surface area (Å²) in [4.78, 5) is 11.8. The summed E-state index contributed by atoms with van der Waals surface area (Å²) < 4.78 is 5.66. The molecule has 0 aliphatic rings. The van der Waals surface area contributed by atoms with E-state index in [9.17, 15) is 4.79 Å². The predicted octanol–water partition coefficient (Wildman–Crippen LogP) is 3.37. The van der Waals surface area contributed by atoms with Gasteiger partial charge in [-0.2, -0.15) is 5.10 Å². The van der Waals surface area contributed by atoms with Crippen LogP contribution in [0.25, 0.3) is 10.8 Å². The van der Waals surface area contributed by atoms with Crippen LogP contribution in [0.3, 0.4) is 0 Å². The molecule has 0 bridgehead atoms. The first-order valence-corrected chi connectivity index (χ1v) is 7.05. The molecule has 1 atom stereocenters. The minimum absolute atomic E-state index is 0.264. The molecule has 1 N–H and O–H groups in total. The fourth-order valence-electron chi connectivity index (χ4n) is 1.84. The van der Waals surface area contributed by atoms with Crippen molar-refractivity contribution in [3.63, 3.8) is 0 Å². The van der Waals surface area contributed by atoms with Crippen molar-refractivity contribution in [3.05, 3.63) is 42.5 Å². The molecule has 0 saturated heterocycles. The van der Waals surface area contributed by atoms with Gasteiger partial charge in [-0.25, -0.2) is 5.43 Å². The summed E-state index contributed by atoms with van der Waals surface area (Å²) >= 11 is 0. The van der Waals surface area contributed by atoms with Crippen molar-refractivity contribution in [1.29, 1.82) is 0 Å². The molecule has 0 spiro atoms. The van der Waals surface area contributed by atoms with Gasteiger partial charge >= 0.3 is 0 Å². The summed E-state index contributed by atoms with van der Waals surface area (Å²) in [6, 6.07) is 13.8. The minimum atomic E-state index is -0.601. The van der Waals surface area contributed by atoms with Crippen LogP contribution in [0.1, 0.15) is 20.8 Å². The van der Waals surface area contributed by atoms with Crippen LogP contribution in [0.2, 0.25) is 0 Å². The fraction of sp³-hybridized carbons (Fsp3) is 0.294. The highest BCUT2D eigenvalue weighted by atomic mass is 16.5. The van der Waals surface area contributed by atoms with Crippen molar-refractivity contribution in [2.45, 2.75) is 26.9 Å². The average molecular weight is 284 g/mol. The Hall–Kier alpha value is -2.36. The van der Waals surface area contributed by atoms with Crippen LogP contribution < -0.4 is 10.2 Å². The van der Waals surface area contributed by atoms with Crippen LogP contribution in [0, 0.1) is 5.92 Å². The van der Waals surface area contributed by atoms with Crippen molar-refractivity contribution in [1.82, 2.24) is 5.43 Å². The van der Waals surface area contributed by atoms with Crippen molar-refractivity contribution < 1.29 is 9.53 Å². The number of nitrogens with zero attached hydrogens (tertiary/aromatic N) is 1. The van der Waals surface area contributed by atoms with Gasteiger partial charge in [-0.05, 0) is 35.7 Å². The van der Waals surface area contributed by atoms with Crippen molar-refractivity contribution in [2.24, 2.45) is 11.0 Å². The second kappa shape index (κ2) is 6.88.